The molecule has 6 heteroatoms. The van der Waals surface area contributed by atoms with Gasteiger partial charge in [0.25, 0.3) is 5.91 Å². The van der Waals surface area contributed by atoms with Crippen LogP contribution in [0.25, 0.3) is 0 Å². The SMILES string of the molecule is CCNC(=O)c1ccc(NC(=O)CC(C)C2CCCNC2)c(C)c1.Cl. The third kappa shape index (κ3) is 6.33. The van der Waals surface area contributed by atoms with E-state index < -0.39 is 0 Å². The van der Waals surface area contributed by atoms with E-state index >= 15 is 0 Å². The molecule has 0 aromatic heterocycles. The summed E-state index contributed by atoms with van der Waals surface area (Å²) < 4.78 is 0. The van der Waals surface area contributed by atoms with Gasteiger partial charge in [0.2, 0.25) is 5.91 Å². The molecule has 1 saturated heterocycles. The summed E-state index contributed by atoms with van der Waals surface area (Å²) in [7, 11) is 0. The van der Waals surface area contributed by atoms with Gasteiger partial charge in [0, 0.05) is 24.2 Å². The second-order valence-electron chi connectivity index (χ2n) is 6.73. The van der Waals surface area contributed by atoms with Crippen molar-refractivity contribution in [1.29, 1.82) is 0 Å². The lowest BCUT2D eigenvalue weighted by molar-refractivity contribution is -0.117. The van der Waals surface area contributed by atoms with Crippen molar-refractivity contribution in [2.75, 3.05) is 25.0 Å². The van der Waals surface area contributed by atoms with Gasteiger partial charge < -0.3 is 16.0 Å². The molecule has 2 rings (SSSR count). The largest absolute Gasteiger partial charge is 0.352 e. The Bertz CT molecular complexity index is 586. The first-order valence-electron chi connectivity index (χ1n) is 8.90. The van der Waals surface area contributed by atoms with Crippen molar-refractivity contribution < 1.29 is 9.59 Å². The molecule has 1 aromatic rings. The van der Waals surface area contributed by atoms with Crippen molar-refractivity contribution in [1.82, 2.24) is 10.6 Å². The fraction of sp³-hybridized carbons (Fsp3) is 0.579. The lowest BCUT2D eigenvalue weighted by Gasteiger charge is -2.28. The number of hydrogen-bond acceptors (Lipinski definition) is 3. The normalized spacial score (nSPS) is 18.0. The van der Waals surface area contributed by atoms with E-state index in [1.165, 1.54) is 12.8 Å². The van der Waals surface area contributed by atoms with Crippen molar-refractivity contribution in [3.8, 4) is 0 Å². The molecule has 3 N–H and O–H groups in total. The van der Waals surface area contributed by atoms with Gasteiger partial charge in [-0.05, 0) is 75.4 Å². The molecule has 1 heterocycles. The van der Waals surface area contributed by atoms with Crippen LogP contribution >= 0.6 is 12.4 Å². The molecule has 2 amide bonds. The number of rotatable bonds is 6. The van der Waals surface area contributed by atoms with E-state index in [0.29, 0.717) is 30.4 Å². The van der Waals surface area contributed by atoms with Crippen molar-refractivity contribution >= 4 is 29.9 Å². The van der Waals surface area contributed by atoms with Gasteiger partial charge in [-0.1, -0.05) is 6.92 Å². The number of amides is 2. The molecule has 0 bridgehead atoms. The van der Waals surface area contributed by atoms with Gasteiger partial charge >= 0.3 is 0 Å². The smallest absolute Gasteiger partial charge is 0.251 e. The predicted octanol–water partition coefficient (Wildman–Crippen LogP) is 3.13. The lowest BCUT2D eigenvalue weighted by atomic mass is 9.85. The maximum Gasteiger partial charge on any atom is 0.251 e. The first-order chi connectivity index (χ1) is 11.5. The molecule has 5 nitrogen and oxygen atoms in total. The molecule has 1 aromatic carbocycles. The van der Waals surface area contributed by atoms with Crippen molar-refractivity contribution in [2.24, 2.45) is 11.8 Å². The van der Waals surface area contributed by atoms with Gasteiger partial charge in [-0.25, -0.2) is 0 Å². The molecule has 140 valence electrons. The lowest BCUT2D eigenvalue weighted by Crippen LogP contribution is -2.34. The summed E-state index contributed by atoms with van der Waals surface area (Å²) in [5, 5.41) is 9.17. The highest BCUT2D eigenvalue weighted by Crippen LogP contribution is 2.24. The number of aryl methyl sites for hydroxylation is 1. The van der Waals surface area contributed by atoms with Gasteiger partial charge in [0.15, 0.2) is 0 Å². The second-order valence-corrected chi connectivity index (χ2v) is 6.73. The summed E-state index contributed by atoms with van der Waals surface area (Å²) in [6.07, 6.45) is 2.92. The zero-order chi connectivity index (χ0) is 17.5. The molecule has 1 aliphatic heterocycles. The average molecular weight is 368 g/mol. The Balaban J connectivity index is 0.00000312. The molecule has 2 unspecified atom stereocenters. The van der Waals surface area contributed by atoms with E-state index in [-0.39, 0.29) is 24.2 Å². The summed E-state index contributed by atoms with van der Waals surface area (Å²) in [5.41, 5.74) is 2.30. The Labute approximate surface area is 156 Å². The van der Waals surface area contributed by atoms with Crippen LogP contribution in [0, 0.1) is 18.8 Å². The van der Waals surface area contributed by atoms with Crippen LogP contribution in [0.5, 0.6) is 0 Å². The zero-order valence-corrected chi connectivity index (χ0v) is 16.2. The summed E-state index contributed by atoms with van der Waals surface area (Å²) in [6.45, 7) is 8.66. The molecule has 25 heavy (non-hydrogen) atoms. The number of anilines is 1. The van der Waals surface area contributed by atoms with Crippen LogP contribution < -0.4 is 16.0 Å². The molecule has 1 fully saturated rings. The number of hydrogen-bond donors (Lipinski definition) is 3. The summed E-state index contributed by atoms with van der Waals surface area (Å²) in [5.74, 6) is 0.900. The minimum Gasteiger partial charge on any atom is -0.352 e. The average Bonchev–Trinajstić information content (AvgIpc) is 2.57. The maximum absolute atomic E-state index is 12.3. The van der Waals surface area contributed by atoms with Gasteiger partial charge in [0.05, 0.1) is 0 Å². The Morgan fingerprint density at radius 3 is 2.72 bits per heavy atom. The summed E-state index contributed by atoms with van der Waals surface area (Å²) in [4.78, 5) is 24.2. The second kappa shape index (κ2) is 10.4. The van der Waals surface area contributed by atoms with E-state index in [9.17, 15) is 9.59 Å². The fourth-order valence-corrected chi connectivity index (χ4v) is 3.23. The van der Waals surface area contributed by atoms with Gasteiger partial charge in [-0.15, -0.1) is 12.4 Å². The Morgan fingerprint density at radius 2 is 2.12 bits per heavy atom. The minimum atomic E-state index is -0.0862. The highest BCUT2D eigenvalue weighted by molar-refractivity contribution is 5.96. The number of halogens is 1. The molecular formula is C19H30ClN3O2. The summed E-state index contributed by atoms with van der Waals surface area (Å²) in [6, 6.07) is 5.38. The van der Waals surface area contributed by atoms with Crippen LogP contribution in [0.3, 0.4) is 0 Å². The molecule has 0 aliphatic carbocycles. The Morgan fingerprint density at radius 1 is 1.36 bits per heavy atom. The van der Waals surface area contributed by atoms with Crippen LogP contribution in [0.15, 0.2) is 18.2 Å². The van der Waals surface area contributed by atoms with E-state index in [0.717, 1.165) is 24.3 Å². The topological polar surface area (TPSA) is 70.2 Å². The van der Waals surface area contributed by atoms with E-state index in [1.54, 1.807) is 6.07 Å². The van der Waals surface area contributed by atoms with Crippen LogP contribution in [0.4, 0.5) is 5.69 Å². The minimum absolute atomic E-state index is 0. The first kappa shape index (κ1) is 21.5. The highest BCUT2D eigenvalue weighted by atomic mass is 35.5. The quantitative estimate of drug-likeness (QED) is 0.723. The van der Waals surface area contributed by atoms with Crippen molar-refractivity contribution in [2.45, 2.75) is 40.0 Å². The van der Waals surface area contributed by atoms with E-state index in [1.807, 2.05) is 26.0 Å². The van der Waals surface area contributed by atoms with Crippen LogP contribution in [0.1, 0.15) is 49.0 Å². The number of carbonyl (C=O) groups excluding carboxylic acids is 2. The predicted molar refractivity (Wildman–Crippen MR) is 104 cm³/mol. The number of nitrogens with one attached hydrogen (secondary N) is 3. The monoisotopic (exact) mass is 367 g/mol. The molecular weight excluding hydrogens is 338 g/mol. The van der Waals surface area contributed by atoms with Crippen molar-refractivity contribution in [3.63, 3.8) is 0 Å². The van der Waals surface area contributed by atoms with Crippen LogP contribution in [-0.4, -0.2) is 31.4 Å². The standard InChI is InChI=1S/C19H29N3O2.ClH/c1-4-21-19(24)15-7-8-17(14(3)10-15)22-18(23)11-13(2)16-6-5-9-20-12-16;/h7-8,10,13,16,20H,4-6,9,11-12H2,1-3H3,(H,21,24)(H,22,23);1H. The fourth-order valence-electron chi connectivity index (χ4n) is 3.23. The molecule has 0 saturated carbocycles. The molecule has 2 atom stereocenters. The summed E-state index contributed by atoms with van der Waals surface area (Å²) >= 11 is 0. The van der Waals surface area contributed by atoms with Gasteiger partial charge in [-0.2, -0.15) is 0 Å². The maximum atomic E-state index is 12.3. The third-order valence-electron chi connectivity index (χ3n) is 4.75. The Hall–Kier alpha value is -1.59. The van der Waals surface area contributed by atoms with Crippen LogP contribution in [-0.2, 0) is 4.79 Å². The van der Waals surface area contributed by atoms with Crippen LogP contribution in [0.2, 0.25) is 0 Å². The van der Waals surface area contributed by atoms with Crippen molar-refractivity contribution in [3.05, 3.63) is 29.3 Å². The van der Waals surface area contributed by atoms with Gasteiger partial charge in [-0.3, -0.25) is 9.59 Å². The number of carbonyl (C=O) groups is 2. The third-order valence-corrected chi connectivity index (χ3v) is 4.75. The Kier molecular flexibility index (Phi) is 8.93. The molecule has 0 spiro atoms. The van der Waals surface area contributed by atoms with E-state index in [4.69, 9.17) is 0 Å². The van der Waals surface area contributed by atoms with Gasteiger partial charge in [0.1, 0.15) is 0 Å². The molecule has 0 radical (unpaired) electrons. The number of piperidine rings is 1. The van der Waals surface area contributed by atoms with E-state index in [2.05, 4.69) is 22.9 Å². The zero-order valence-electron chi connectivity index (χ0n) is 15.4. The number of benzene rings is 1. The first-order valence-corrected chi connectivity index (χ1v) is 8.90. The highest BCUT2D eigenvalue weighted by Gasteiger charge is 2.22. The molecule has 1 aliphatic rings.